The van der Waals surface area contributed by atoms with E-state index < -0.39 is 0 Å². The average molecular weight is 379 g/mol. The van der Waals surface area contributed by atoms with Crippen LogP contribution in [0.4, 0.5) is 0 Å². The van der Waals surface area contributed by atoms with Crippen LogP contribution in [0.15, 0.2) is 60.7 Å². The molecule has 0 spiro atoms. The van der Waals surface area contributed by atoms with Gasteiger partial charge in [0.05, 0.1) is 12.1 Å². The first-order chi connectivity index (χ1) is 13.5. The van der Waals surface area contributed by atoms with Gasteiger partial charge in [0.2, 0.25) is 11.8 Å². The third-order valence-corrected chi connectivity index (χ3v) is 5.79. The average Bonchev–Trinajstić information content (AvgIpc) is 2.75. The van der Waals surface area contributed by atoms with E-state index in [4.69, 9.17) is 0 Å². The Kier molecular flexibility index (Phi) is 6.85. The van der Waals surface area contributed by atoms with Gasteiger partial charge in [-0.1, -0.05) is 60.7 Å². The molecule has 2 N–H and O–H groups in total. The van der Waals surface area contributed by atoms with E-state index in [0.717, 1.165) is 36.8 Å². The quantitative estimate of drug-likeness (QED) is 0.775. The number of benzene rings is 2. The summed E-state index contributed by atoms with van der Waals surface area (Å²) in [6, 6.07) is 20.0. The van der Waals surface area contributed by atoms with Gasteiger partial charge in [0, 0.05) is 11.8 Å². The molecule has 0 heterocycles. The smallest absolute Gasteiger partial charge is 0.223 e. The van der Waals surface area contributed by atoms with Crippen molar-refractivity contribution in [2.45, 2.75) is 51.6 Å². The highest BCUT2D eigenvalue weighted by molar-refractivity contribution is 5.81. The van der Waals surface area contributed by atoms with Gasteiger partial charge in [0.1, 0.15) is 0 Å². The maximum atomic E-state index is 12.6. The molecule has 0 aromatic heterocycles. The van der Waals surface area contributed by atoms with E-state index in [0.29, 0.717) is 0 Å². The molecule has 0 unspecified atom stereocenters. The fraction of sp³-hybridized carbons (Fsp3) is 0.417. The zero-order chi connectivity index (χ0) is 19.9. The molecule has 0 bridgehead atoms. The molecule has 2 aromatic rings. The molecule has 1 fully saturated rings. The third-order valence-electron chi connectivity index (χ3n) is 5.79. The van der Waals surface area contributed by atoms with Crippen molar-refractivity contribution in [2.75, 3.05) is 0 Å². The number of amides is 2. The van der Waals surface area contributed by atoms with Crippen molar-refractivity contribution in [2.24, 2.45) is 11.8 Å². The molecule has 4 heteroatoms. The summed E-state index contributed by atoms with van der Waals surface area (Å²) in [5, 5.41) is 6.25. The number of carbonyl (C=O) groups is 2. The van der Waals surface area contributed by atoms with Crippen LogP contribution in [0.25, 0.3) is 0 Å². The maximum Gasteiger partial charge on any atom is 0.223 e. The summed E-state index contributed by atoms with van der Waals surface area (Å²) in [5.74, 6) is 0.212. The fourth-order valence-electron chi connectivity index (χ4n) is 3.93. The standard InChI is InChI=1S/C24H30N2O2/c1-17(19-9-5-3-6-10-19)25-23(27)21-13-15-22(16-14-21)24(28)26-18(2)20-11-7-4-8-12-20/h3-12,17-18,21-22H,13-16H2,1-2H3,(H,25,27)(H,26,28)/t17-,18+,21?,22?. The number of hydrogen-bond acceptors (Lipinski definition) is 2. The minimum Gasteiger partial charge on any atom is -0.349 e. The van der Waals surface area contributed by atoms with Gasteiger partial charge in [-0.15, -0.1) is 0 Å². The zero-order valence-electron chi connectivity index (χ0n) is 16.7. The second-order valence-corrected chi connectivity index (χ2v) is 7.83. The Bertz CT molecular complexity index is 700. The maximum absolute atomic E-state index is 12.6. The highest BCUT2D eigenvalue weighted by Crippen LogP contribution is 2.30. The summed E-state index contributed by atoms with van der Waals surface area (Å²) >= 11 is 0. The predicted octanol–water partition coefficient (Wildman–Crippen LogP) is 4.55. The van der Waals surface area contributed by atoms with Gasteiger partial charge in [0.15, 0.2) is 0 Å². The molecule has 0 saturated heterocycles. The number of nitrogens with one attached hydrogen (secondary N) is 2. The van der Waals surface area contributed by atoms with E-state index in [-0.39, 0.29) is 35.7 Å². The molecule has 2 amide bonds. The summed E-state index contributed by atoms with van der Waals surface area (Å²) in [6.45, 7) is 4.02. The molecule has 3 rings (SSSR count). The van der Waals surface area contributed by atoms with E-state index in [1.54, 1.807) is 0 Å². The van der Waals surface area contributed by atoms with Gasteiger partial charge in [-0.05, 0) is 50.7 Å². The lowest BCUT2D eigenvalue weighted by Crippen LogP contribution is -2.38. The first-order valence-electron chi connectivity index (χ1n) is 10.2. The molecular formula is C24H30N2O2. The second-order valence-electron chi connectivity index (χ2n) is 7.83. The van der Waals surface area contributed by atoms with Crippen molar-refractivity contribution < 1.29 is 9.59 Å². The normalized spacial score (nSPS) is 21.4. The highest BCUT2D eigenvalue weighted by atomic mass is 16.2. The molecule has 1 aliphatic carbocycles. The predicted molar refractivity (Wildman–Crippen MR) is 111 cm³/mol. The minimum absolute atomic E-state index is 0.00134. The highest BCUT2D eigenvalue weighted by Gasteiger charge is 2.31. The minimum atomic E-state index is 0.00134. The van der Waals surface area contributed by atoms with Gasteiger partial charge in [-0.2, -0.15) is 0 Å². The molecule has 4 nitrogen and oxygen atoms in total. The summed E-state index contributed by atoms with van der Waals surface area (Å²) in [5.41, 5.74) is 2.22. The van der Waals surface area contributed by atoms with Gasteiger partial charge in [-0.3, -0.25) is 9.59 Å². The van der Waals surface area contributed by atoms with Crippen molar-refractivity contribution in [1.82, 2.24) is 10.6 Å². The van der Waals surface area contributed by atoms with E-state index in [2.05, 4.69) is 10.6 Å². The Morgan fingerprint density at radius 1 is 0.679 bits per heavy atom. The van der Waals surface area contributed by atoms with Crippen LogP contribution in [0, 0.1) is 11.8 Å². The zero-order valence-corrected chi connectivity index (χ0v) is 16.7. The Morgan fingerprint density at radius 2 is 1.00 bits per heavy atom. The molecule has 1 aliphatic rings. The van der Waals surface area contributed by atoms with Crippen LogP contribution in [0.5, 0.6) is 0 Å². The molecule has 1 saturated carbocycles. The summed E-state index contributed by atoms with van der Waals surface area (Å²) in [6.07, 6.45) is 3.08. The van der Waals surface area contributed by atoms with E-state index in [1.807, 2.05) is 74.5 Å². The van der Waals surface area contributed by atoms with Crippen LogP contribution in [0.1, 0.15) is 62.7 Å². The van der Waals surface area contributed by atoms with Gasteiger partial charge >= 0.3 is 0 Å². The molecule has 0 radical (unpaired) electrons. The molecule has 28 heavy (non-hydrogen) atoms. The van der Waals surface area contributed by atoms with Gasteiger partial charge < -0.3 is 10.6 Å². The van der Waals surface area contributed by atoms with Crippen LogP contribution < -0.4 is 10.6 Å². The van der Waals surface area contributed by atoms with Crippen molar-refractivity contribution >= 4 is 11.8 Å². The molecular weight excluding hydrogens is 348 g/mol. The van der Waals surface area contributed by atoms with E-state index >= 15 is 0 Å². The molecule has 0 aliphatic heterocycles. The first kappa shape index (κ1) is 20.1. The Morgan fingerprint density at radius 3 is 1.32 bits per heavy atom. The topological polar surface area (TPSA) is 58.2 Å². The third kappa shape index (κ3) is 5.22. The van der Waals surface area contributed by atoms with Crippen LogP contribution in [0.2, 0.25) is 0 Å². The van der Waals surface area contributed by atoms with Crippen LogP contribution in [-0.2, 0) is 9.59 Å². The van der Waals surface area contributed by atoms with Crippen molar-refractivity contribution in [3.05, 3.63) is 71.8 Å². The Hall–Kier alpha value is -2.62. The van der Waals surface area contributed by atoms with Gasteiger partial charge in [-0.25, -0.2) is 0 Å². The lowest BCUT2D eigenvalue weighted by Gasteiger charge is -2.29. The summed E-state index contributed by atoms with van der Waals surface area (Å²) < 4.78 is 0. The Labute approximate surface area is 167 Å². The monoisotopic (exact) mass is 378 g/mol. The second kappa shape index (κ2) is 9.54. The lowest BCUT2D eigenvalue weighted by molar-refractivity contribution is -0.131. The molecule has 2 aromatic carbocycles. The van der Waals surface area contributed by atoms with Crippen LogP contribution in [-0.4, -0.2) is 11.8 Å². The number of hydrogen-bond donors (Lipinski definition) is 2. The van der Waals surface area contributed by atoms with Crippen molar-refractivity contribution in [1.29, 1.82) is 0 Å². The fourth-order valence-corrected chi connectivity index (χ4v) is 3.93. The van der Waals surface area contributed by atoms with Gasteiger partial charge in [0.25, 0.3) is 0 Å². The van der Waals surface area contributed by atoms with E-state index in [1.165, 1.54) is 0 Å². The largest absolute Gasteiger partial charge is 0.349 e. The SMILES string of the molecule is C[C@H](NC(=O)C1CCC(C(=O)N[C@H](C)c2ccccc2)CC1)c1ccccc1. The summed E-state index contributed by atoms with van der Waals surface area (Å²) in [4.78, 5) is 25.2. The Balaban J connectivity index is 1.46. The first-order valence-corrected chi connectivity index (χ1v) is 10.2. The molecule has 148 valence electrons. The van der Waals surface area contributed by atoms with Crippen LogP contribution in [0.3, 0.4) is 0 Å². The summed E-state index contributed by atoms with van der Waals surface area (Å²) in [7, 11) is 0. The number of rotatable bonds is 6. The van der Waals surface area contributed by atoms with Crippen LogP contribution >= 0.6 is 0 Å². The molecule has 2 atom stereocenters. The lowest BCUT2D eigenvalue weighted by atomic mass is 9.81. The number of carbonyl (C=O) groups excluding carboxylic acids is 2. The van der Waals surface area contributed by atoms with E-state index in [9.17, 15) is 9.59 Å². The van der Waals surface area contributed by atoms with Crippen molar-refractivity contribution in [3.63, 3.8) is 0 Å². The van der Waals surface area contributed by atoms with Crippen molar-refractivity contribution in [3.8, 4) is 0 Å².